The fourth-order valence-electron chi connectivity index (χ4n) is 4.85. The van der Waals surface area contributed by atoms with Gasteiger partial charge >= 0.3 is 0 Å². The summed E-state index contributed by atoms with van der Waals surface area (Å²) in [4.78, 5) is 17.9. The Morgan fingerprint density at radius 3 is 2.40 bits per heavy atom. The van der Waals surface area contributed by atoms with Crippen LogP contribution in [0.3, 0.4) is 0 Å². The van der Waals surface area contributed by atoms with Crippen LogP contribution in [0.4, 0.5) is 5.69 Å². The van der Waals surface area contributed by atoms with Crippen molar-refractivity contribution in [3.63, 3.8) is 0 Å². The molecule has 0 bridgehead atoms. The third kappa shape index (κ3) is 10.3. The molecule has 48 heavy (non-hydrogen) atoms. The van der Waals surface area contributed by atoms with Gasteiger partial charge in [0.25, 0.3) is 0 Å². The maximum Gasteiger partial charge on any atom is 0.248 e. The van der Waals surface area contributed by atoms with Gasteiger partial charge in [-0.1, -0.05) is 38.5 Å². The molecule has 0 aliphatic carbocycles. The lowest BCUT2D eigenvalue weighted by molar-refractivity contribution is -0.111. The Morgan fingerprint density at radius 2 is 1.71 bits per heavy atom. The number of amides is 1. The van der Waals surface area contributed by atoms with Crippen molar-refractivity contribution in [3.05, 3.63) is 96.6 Å². The number of ether oxygens (including phenoxy) is 2. The SMILES string of the molecule is CCCCOCCOc1ccc(-c2ccc(S(=O)(=O)C(C)C)c(/C=C/C(=O)Nc3ccc([S@+]([O-])Cc4cncn4CCC)cc3)c2)cc1. The molecule has 0 radical (unpaired) electrons. The minimum Gasteiger partial charge on any atom is -0.611 e. The summed E-state index contributed by atoms with van der Waals surface area (Å²) in [7, 11) is -3.63. The number of aryl methyl sites for hydroxylation is 1. The smallest absolute Gasteiger partial charge is 0.248 e. The highest BCUT2D eigenvalue weighted by Gasteiger charge is 2.22. The van der Waals surface area contributed by atoms with Gasteiger partial charge in [0.05, 0.1) is 35.0 Å². The van der Waals surface area contributed by atoms with Gasteiger partial charge in [-0.2, -0.15) is 0 Å². The molecule has 3 aromatic carbocycles. The van der Waals surface area contributed by atoms with Crippen molar-refractivity contribution in [2.75, 3.05) is 25.1 Å². The third-order valence-corrected chi connectivity index (χ3v) is 11.2. The molecule has 1 N–H and O–H groups in total. The van der Waals surface area contributed by atoms with Crippen molar-refractivity contribution in [3.8, 4) is 16.9 Å². The Morgan fingerprint density at radius 1 is 0.979 bits per heavy atom. The van der Waals surface area contributed by atoms with Gasteiger partial charge in [-0.3, -0.25) is 4.79 Å². The molecule has 0 aliphatic rings. The van der Waals surface area contributed by atoms with Crippen molar-refractivity contribution in [1.82, 2.24) is 9.55 Å². The number of rotatable bonds is 18. The summed E-state index contributed by atoms with van der Waals surface area (Å²) in [6.45, 7) is 9.99. The molecule has 0 unspecified atom stereocenters. The van der Waals surface area contributed by atoms with Gasteiger partial charge in [-0.05, 0) is 109 Å². The maximum atomic E-state index is 13.2. The first-order chi connectivity index (χ1) is 23.1. The van der Waals surface area contributed by atoms with E-state index in [1.165, 1.54) is 12.2 Å². The van der Waals surface area contributed by atoms with Gasteiger partial charge in [0.2, 0.25) is 5.91 Å². The van der Waals surface area contributed by atoms with Crippen LogP contribution in [0.2, 0.25) is 0 Å². The predicted molar refractivity (Wildman–Crippen MR) is 192 cm³/mol. The number of imidazole rings is 1. The normalized spacial score (nSPS) is 12.5. The summed E-state index contributed by atoms with van der Waals surface area (Å²) < 4.78 is 52.7. The summed E-state index contributed by atoms with van der Waals surface area (Å²) in [5, 5.41) is 2.17. The number of aromatic nitrogens is 2. The van der Waals surface area contributed by atoms with Crippen LogP contribution in [0.15, 0.2) is 95.1 Å². The van der Waals surface area contributed by atoms with E-state index < -0.39 is 32.2 Å². The quantitative estimate of drug-likeness (QED) is 0.0660. The standard InChI is InChI=1S/C37H45N3O6S2/c1-5-7-21-45-22-23-46-34-14-8-29(9-15-34)30-10-18-36(48(43,44)28(3)4)31(24-30)11-19-37(41)39-32-12-16-35(17-13-32)47(42)26-33-25-38-27-40(33)20-6-2/h8-19,24-25,27-28H,5-7,20-23,26H2,1-4H3,(H,39,41)/b19-11+/t47-/m1/s1. The van der Waals surface area contributed by atoms with E-state index >= 15 is 0 Å². The van der Waals surface area contributed by atoms with Crippen molar-refractivity contribution >= 4 is 38.7 Å². The minimum atomic E-state index is -3.63. The van der Waals surface area contributed by atoms with Crippen LogP contribution in [0.5, 0.6) is 5.75 Å². The molecule has 0 fully saturated rings. The fraction of sp³-hybridized carbons (Fsp3) is 0.351. The molecule has 9 nitrogen and oxygen atoms in total. The van der Waals surface area contributed by atoms with Gasteiger partial charge in [0, 0.05) is 24.9 Å². The van der Waals surface area contributed by atoms with Gasteiger partial charge in [0.1, 0.15) is 12.4 Å². The molecule has 11 heteroatoms. The summed E-state index contributed by atoms with van der Waals surface area (Å²) in [6, 6.07) is 19.5. The lowest BCUT2D eigenvalue weighted by atomic mass is 10.0. The van der Waals surface area contributed by atoms with E-state index in [4.69, 9.17) is 9.47 Å². The Labute approximate surface area is 287 Å². The van der Waals surface area contributed by atoms with Crippen molar-refractivity contribution in [2.24, 2.45) is 0 Å². The Kier molecular flexibility index (Phi) is 13.9. The molecule has 0 aliphatic heterocycles. The first kappa shape index (κ1) is 36.9. The van der Waals surface area contributed by atoms with E-state index in [0.717, 1.165) is 49.2 Å². The van der Waals surface area contributed by atoms with Crippen LogP contribution < -0.4 is 10.1 Å². The molecular formula is C37H45N3O6S2. The van der Waals surface area contributed by atoms with Crippen LogP contribution in [-0.2, 0) is 42.8 Å². The number of nitrogens with one attached hydrogen (secondary N) is 1. The number of anilines is 1. The van der Waals surface area contributed by atoms with Crippen LogP contribution >= 0.6 is 0 Å². The second-order valence-corrected chi connectivity index (χ2v) is 15.5. The van der Waals surface area contributed by atoms with E-state index in [9.17, 15) is 17.8 Å². The van der Waals surface area contributed by atoms with E-state index in [1.807, 2.05) is 28.8 Å². The molecule has 1 heterocycles. The van der Waals surface area contributed by atoms with Gasteiger partial charge in [0.15, 0.2) is 20.5 Å². The van der Waals surface area contributed by atoms with Gasteiger partial charge < -0.3 is 23.9 Å². The zero-order valence-electron chi connectivity index (χ0n) is 28.1. The van der Waals surface area contributed by atoms with Crippen molar-refractivity contribution in [2.45, 2.75) is 74.3 Å². The number of hydrogen-bond acceptors (Lipinski definition) is 7. The molecule has 0 saturated carbocycles. The zero-order chi connectivity index (χ0) is 34.5. The van der Waals surface area contributed by atoms with Gasteiger partial charge in [-0.15, -0.1) is 0 Å². The van der Waals surface area contributed by atoms with Crippen LogP contribution in [0, 0.1) is 0 Å². The number of sulfone groups is 1. The van der Waals surface area contributed by atoms with E-state index in [0.29, 0.717) is 40.9 Å². The highest BCUT2D eigenvalue weighted by atomic mass is 32.2. The number of carbonyl (C=O) groups is 1. The third-order valence-electron chi connectivity index (χ3n) is 7.60. The molecule has 4 rings (SSSR count). The number of nitrogens with zero attached hydrogens (tertiary/aromatic N) is 2. The van der Waals surface area contributed by atoms with Crippen LogP contribution in [0.25, 0.3) is 17.2 Å². The largest absolute Gasteiger partial charge is 0.611 e. The molecule has 1 aromatic heterocycles. The number of hydrogen-bond donors (Lipinski definition) is 1. The first-order valence-electron chi connectivity index (χ1n) is 16.3. The summed E-state index contributed by atoms with van der Waals surface area (Å²) in [5.41, 5.74) is 3.52. The number of carbonyl (C=O) groups excluding carboxylic acids is 1. The highest BCUT2D eigenvalue weighted by Crippen LogP contribution is 2.29. The van der Waals surface area contributed by atoms with Crippen molar-refractivity contribution in [1.29, 1.82) is 0 Å². The lowest BCUT2D eigenvalue weighted by Crippen LogP contribution is -2.15. The molecule has 0 saturated heterocycles. The van der Waals surface area contributed by atoms with E-state index in [1.54, 1.807) is 68.8 Å². The first-order valence-corrected chi connectivity index (χ1v) is 19.1. The van der Waals surface area contributed by atoms with Gasteiger partial charge in [-0.25, -0.2) is 13.4 Å². The summed E-state index contributed by atoms with van der Waals surface area (Å²) in [6.07, 6.45) is 9.40. The minimum absolute atomic E-state index is 0.153. The number of benzene rings is 3. The fourth-order valence-corrected chi connectivity index (χ4v) is 7.19. The second kappa shape index (κ2) is 18.0. The average Bonchev–Trinajstić information content (AvgIpc) is 3.52. The van der Waals surface area contributed by atoms with E-state index in [-0.39, 0.29) is 4.90 Å². The molecule has 1 amide bonds. The number of unbranched alkanes of at least 4 members (excludes halogenated alkanes) is 1. The molecule has 4 aromatic rings. The van der Waals surface area contributed by atoms with Crippen molar-refractivity contribution < 1.29 is 27.2 Å². The molecular weight excluding hydrogens is 647 g/mol. The Hall–Kier alpha value is -3.90. The maximum absolute atomic E-state index is 13.2. The lowest BCUT2D eigenvalue weighted by Gasteiger charge is -2.13. The average molecular weight is 692 g/mol. The molecule has 1 atom stereocenters. The summed E-state index contributed by atoms with van der Waals surface area (Å²) in [5.74, 6) is 0.639. The molecule has 256 valence electrons. The topological polar surface area (TPSA) is 123 Å². The van der Waals surface area contributed by atoms with Crippen LogP contribution in [0.1, 0.15) is 58.2 Å². The Balaban J connectivity index is 1.44. The zero-order valence-corrected chi connectivity index (χ0v) is 29.7. The Bertz CT molecular complexity index is 1750. The summed E-state index contributed by atoms with van der Waals surface area (Å²) >= 11 is -1.27. The van der Waals surface area contributed by atoms with Crippen LogP contribution in [-0.4, -0.2) is 53.5 Å². The van der Waals surface area contributed by atoms with E-state index in [2.05, 4.69) is 24.1 Å². The second-order valence-electron chi connectivity index (χ2n) is 11.6. The predicted octanol–water partition coefficient (Wildman–Crippen LogP) is 7.30. The molecule has 0 spiro atoms. The monoisotopic (exact) mass is 691 g/mol. The highest BCUT2D eigenvalue weighted by molar-refractivity contribution is 7.92.